The highest BCUT2D eigenvalue weighted by molar-refractivity contribution is 7.98. The molecule has 0 aliphatic carbocycles. The first-order valence-corrected chi connectivity index (χ1v) is 8.18. The van der Waals surface area contributed by atoms with Gasteiger partial charge in [-0.1, -0.05) is 36.5 Å². The summed E-state index contributed by atoms with van der Waals surface area (Å²) in [5.74, 6) is 0. The maximum atomic E-state index is 5.97. The molecule has 2 N–H and O–H groups in total. The second-order valence-corrected chi connectivity index (χ2v) is 6.04. The number of hydrogen-bond acceptors (Lipinski definition) is 3. The molecule has 0 radical (unpaired) electrons. The summed E-state index contributed by atoms with van der Waals surface area (Å²) in [4.78, 5) is 3.93. The van der Waals surface area contributed by atoms with Crippen LogP contribution in [0.1, 0.15) is 11.1 Å². The molecule has 0 atom stereocenters. The number of para-hydroxylation sites is 1. The molecule has 0 aromatic heterocycles. The fourth-order valence-corrected chi connectivity index (χ4v) is 3.66. The molecule has 0 saturated heterocycles. The molecule has 3 rings (SSSR count). The summed E-state index contributed by atoms with van der Waals surface area (Å²) >= 11 is 6.96. The van der Waals surface area contributed by atoms with Crippen molar-refractivity contribution in [3.05, 3.63) is 53.6 Å². The Kier molecular flexibility index (Phi) is 3.68. The Morgan fingerprint density at radius 1 is 1.15 bits per heavy atom. The fourth-order valence-electron chi connectivity index (χ4n) is 2.75. The van der Waals surface area contributed by atoms with Crippen LogP contribution in [0.2, 0.25) is 0 Å². The molecule has 0 saturated carbocycles. The third-order valence-electron chi connectivity index (χ3n) is 3.65. The largest absolute Gasteiger partial charge is 0.389 e. The highest BCUT2D eigenvalue weighted by Crippen LogP contribution is 2.38. The van der Waals surface area contributed by atoms with Crippen molar-refractivity contribution in [2.24, 2.45) is 5.73 Å². The minimum atomic E-state index is 0.467. The van der Waals surface area contributed by atoms with Crippen LogP contribution in [0.4, 0.5) is 11.4 Å². The van der Waals surface area contributed by atoms with Crippen LogP contribution in [0.3, 0.4) is 0 Å². The molecule has 2 nitrogen and oxygen atoms in total. The molecule has 4 heteroatoms. The van der Waals surface area contributed by atoms with E-state index in [1.165, 1.54) is 11.3 Å². The quantitative estimate of drug-likeness (QED) is 0.691. The molecule has 102 valence electrons. The zero-order valence-corrected chi connectivity index (χ0v) is 12.9. The van der Waals surface area contributed by atoms with Crippen LogP contribution in [0.25, 0.3) is 0 Å². The van der Waals surface area contributed by atoms with Crippen molar-refractivity contribution in [3.8, 4) is 0 Å². The molecule has 2 aromatic rings. The minimum absolute atomic E-state index is 0.467. The Bertz CT molecular complexity index is 667. The zero-order chi connectivity index (χ0) is 14.1. The van der Waals surface area contributed by atoms with E-state index in [0.717, 1.165) is 29.1 Å². The van der Waals surface area contributed by atoms with E-state index in [2.05, 4.69) is 53.6 Å². The van der Waals surface area contributed by atoms with Crippen molar-refractivity contribution in [1.82, 2.24) is 0 Å². The fraction of sp³-hybridized carbons (Fsp3) is 0.188. The summed E-state index contributed by atoms with van der Waals surface area (Å²) in [7, 11) is 0. The van der Waals surface area contributed by atoms with Gasteiger partial charge in [0.05, 0.1) is 5.69 Å². The summed E-state index contributed by atoms with van der Waals surface area (Å²) in [5.41, 5.74) is 10.7. The molecular weight excluding hydrogens is 284 g/mol. The van der Waals surface area contributed by atoms with Gasteiger partial charge >= 0.3 is 0 Å². The Balaban J connectivity index is 2.15. The second kappa shape index (κ2) is 5.46. The first-order valence-electron chi connectivity index (χ1n) is 6.54. The minimum Gasteiger partial charge on any atom is -0.389 e. The predicted molar refractivity (Wildman–Crippen MR) is 91.3 cm³/mol. The SMILES string of the molecule is CSc1cccc(N2CCc3ccccc32)c1C(N)=S. The van der Waals surface area contributed by atoms with Gasteiger partial charge in [0.1, 0.15) is 4.99 Å². The highest BCUT2D eigenvalue weighted by atomic mass is 32.2. The summed E-state index contributed by atoms with van der Waals surface area (Å²) in [6, 6.07) is 14.8. The third-order valence-corrected chi connectivity index (χ3v) is 4.63. The standard InChI is InChI=1S/C16H16N2S2/c1-20-14-8-4-7-13(15(14)16(17)19)18-10-9-11-5-2-3-6-12(11)18/h2-8H,9-10H2,1H3,(H2,17,19). The molecule has 1 aliphatic rings. The van der Waals surface area contributed by atoms with Crippen LogP contribution in [0.5, 0.6) is 0 Å². The smallest absolute Gasteiger partial charge is 0.107 e. The van der Waals surface area contributed by atoms with E-state index in [0.29, 0.717) is 4.99 Å². The van der Waals surface area contributed by atoms with E-state index in [1.807, 2.05) is 0 Å². The van der Waals surface area contributed by atoms with Gasteiger partial charge in [0.15, 0.2) is 0 Å². The van der Waals surface area contributed by atoms with Crippen LogP contribution in [0.15, 0.2) is 47.4 Å². The topological polar surface area (TPSA) is 29.3 Å². The lowest BCUT2D eigenvalue weighted by molar-refractivity contribution is 0.994. The molecule has 1 aliphatic heterocycles. The summed E-state index contributed by atoms with van der Waals surface area (Å²) < 4.78 is 0. The number of nitrogens with zero attached hydrogens (tertiary/aromatic N) is 1. The van der Waals surface area contributed by atoms with Gasteiger partial charge in [0.2, 0.25) is 0 Å². The van der Waals surface area contributed by atoms with E-state index in [-0.39, 0.29) is 0 Å². The Morgan fingerprint density at radius 2 is 1.90 bits per heavy atom. The molecule has 0 fully saturated rings. The number of hydrogen-bond donors (Lipinski definition) is 1. The van der Waals surface area contributed by atoms with E-state index >= 15 is 0 Å². The van der Waals surface area contributed by atoms with Crippen molar-refractivity contribution in [2.75, 3.05) is 17.7 Å². The monoisotopic (exact) mass is 300 g/mol. The van der Waals surface area contributed by atoms with E-state index in [4.69, 9.17) is 18.0 Å². The van der Waals surface area contributed by atoms with Crippen LogP contribution in [-0.2, 0) is 6.42 Å². The molecule has 0 unspecified atom stereocenters. The molecule has 2 aromatic carbocycles. The van der Waals surface area contributed by atoms with Gasteiger partial charge in [0, 0.05) is 22.7 Å². The van der Waals surface area contributed by atoms with Crippen molar-refractivity contribution in [2.45, 2.75) is 11.3 Å². The lowest BCUT2D eigenvalue weighted by atomic mass is 10.1. The van der Waals surface area contributed by atoms with Gasteiger partial charge in [-0.2, -0.15) is 0 Å². The third kappa shape index (κ3) is 2.19. The van der Waals surface area contributed by atoms with E-state index in [9.17, 15) is 0 Å². The van der Waals surface area contributed by atoms with Crippen molar-refractivity contribution in [1.29, 1.82) is 0 Å². The van der Waals surface area contributed by atoms with Gasteiger partial charge < -0.3 is 10.6 Å². The number of thiocarbonyl (C=S) groups is 1. The van der Waals surface area contributed by atoms with Crippen molar-refractivity contribution in [3.63, 3.8) is 0 Å². The average Bonchev–Trinajstić information content (AvgIpc) is 2.90. The van der Waals surface area contributed by atoms with E-state index < -0.39 is 0 Å². The molecule has 0 spiro atoms. The van der Waals surface area contributed by atoms with Crippen LogP contribution < -0.4 is 10.6 Å². The first kappa shape index (κ1) is 13.5. The number of benzene rings is 2. The summed E-state index contributed by atoms with van der Waals surface area (Å²) in [5, 5.41) is 0. The van der Waals surface area contributed by atoms with Gasteiger partial charge in [-0.3, -0.25) is 0 Å². The van der Waals surface area contributed by atoms with Gasteiger partial charge in [-0.05, 0) is 36.4 Å². The summed E-state index contributed by atoms with van der Waals surface area (Å²) in [6.45, 7) is 0.979. The van der Waals surface area contributed by atoms with Crippen LogP contribution >= 0.6 is 24.0 Å². The van der Waals surface area contributed by atoms with Gasteiger partial charge in [0.25, 0.3) is 0 Å². The molecule has 20 heavy (non-hydrogen) atoms. The second-order valence-electron chi connectivity index (χ2n) is 4.75. The van der Waals surface area contributed by atoms with Crippen LogP contribution in [0, 0.1) is 0 Å². The average molecular weight is 300 g/mol. The first-order chi connectivity index (χ1) is 9.72. The molecule has 0 amide bonds. The van der Waals surface area contributed by atoms with Gasteiger partial charge in [-0.15, -0.1) is 11.8 Å². The van der Waals surface area contributed by atoms with E-state index in [1.54, 1.807) is 11.8 Å². The lowest BCUT2D eigenvalue weighted by Gasteiger charge is -2.23. The molecule has 1 heterocycles. The maximum Gasteiger partial charge on any atom is 0.107 e. The summed E-state index contributed by atoms with van der Waals surface area (Å²) in [6.07, 6.45) is 3.12. The van der Waals surface area contributed by atoms with Crippen molar-refractivity contribution >= 4 is 40.3 Å². The molecular formula is C16H16N2S2. The Morgan fingerprint density at radius 3 is 2.65 bits per heavy atom. The maximum absolute atomic E-state index is 5.97. The van der Waals surface area contributed by atoms with Crippen molar-refractivity contribution < 1.29 is 0 Å². The number of thioether (sulfide) groups is 1. The highest BCUT2D eigenvalue weighted by Gasteiger charge is 2.23. The predicted octanol–water partition coefficient (Wildman–Crippen LogP) is 3.74. The Labute approximate surface area is 129 Å². The van der Waals surface area contributed by atoms with Crippen LogP contribution in [-0.4, -0.2) is 17.8 Å². The van der Waals surface area contributed by atoms with Gasteiger partial charge in [-0.25, -0.2) is 0 Å². The molecule has 0 bridgehead atoms. The Hall–Kier alpha value is -1.52. The number of anilines is 2. The lowest BCUT2D eigenvalue weighted by Crippen LogP contribution is -2.20. The number of nitrogens with two attached hydrogens (primary N) is 1. The zero-order valence-electron chi connectivity index (χ0n) is 11.3. The number of fused-ring (bicyclic) bond motifs is 1. The number of rotatable bonds is 3. The normalized spacial score (nSPS) is 13.3.